The van der Waals surface area contributed by atoms with E-state index in [9.17, 15) is 21.6 Å². The number of para-hydroxylation sites is 1. The smallest absolute Gasteiger partial charge is 0.244 e. The standard InChI is InChI=1S/C19H23N3O5S3/c1-21(2)30(26,27)17-8-9-18(20-12-17)28-13-19(23)22(15-6-4-3-5-7-15)16-10-11-29(24,25)14-16/h3-9,12,16H,10-11,13-14H2,1-2H3/t16-/m0/s1. The molecule has 0 bridgehead atoms. The second-order valence-electron chi connectivity index (χ2n) is 7.06. The quantitative estimate of drug-likeness (QED) is 0.568. The van der Waals surface area contributed by atoms with Crippen molar-refractivity contribution in [3.05, 3.63) is 48.7 Å². The number of carbonyl (C=O) groups is 1. The van der Waals surface area contributed by atoms with E-state index in [1.165, 1.54) is 38.1 Å². The molecule has 3 rings (SSSR count). The van der Waals surface area contributed by atoms with Crippen LogP contribution in [0.4, 0.5) is 5.69 Å². The van der Waals surface area contributed by atoms with Crippen molar-refractivity contribution in [3.8, 4) is 0 Å². The normalized spacial score (nSPS) is 18.4. The molecule has 1 aromatic heterocycles. The Labute approximate surface area is 181 Å². The molecule has 162 valence electrons. The highest BCUT2D eigenvalue weighted by Crippen LogP contribution is 2.26. The number of thioether (sulfide) groups is 1. The highest BCUT2D eigenvalue weighted by Gasteiger charge is 2.35. The summed E-state index contributed by atoms with van der Waals surface area (Å²) >= 11 is 1.18. The molecule has 1 saturated heterocycles. The fourth-order valence-electron chi connectivity index (χ4n) is 3.15. The van der Waals surface area contributed by atoms with Crippen LogP contribution in [-0.4, -0.2) is 69.4 Å². The first-order chi connectivity index (χ1) is 14.1. The number of hydrogen-bond donors (Lipinski definition) is 0. The van der Waals surface area contributed by atoms with Crippen LogP contribution in [0, 0.1) is 0 Å². The second-order valence-corrected chi connectivity index (χ2v) is 12.4. The summed E-state index contributed by atoms with van der Waals surface area (Å²) < 4.78 is 49.2. The average molecular weight is 470 g/mol. The van der Waals surface area contributed by atoms with Crippen LogP contribution in [0.3, 0.4) is 0 Å². The zero-order valence-corrected chi connectivity index (χ0v) is 19.1. The lowest BCUT2D eigenvalue weighted by Crippen LogP contribution is -2.42. The summed E-state index contributed by atoms with van der Waals surface area (Å²) in [5.74, 6) is -0.142. The van der Waals surface area contributed by atoms with Crippen LogP contribution in [0.5, 0.6) is 0 Å². The van der Waals surface area contributed by atoms with Crippen molar-refractivity contribution in [2.24, 2.45) is 0 Å². The first-order valence-corrected chi connectivity index (χ1v) is 13.4. The summed E-state index contributed by atoms with van der Waals surface area (Å²) in [6.07, 6.45) is 1.67. The van der Waals surface area contributed by atoms with Crippen molar-refractivity contribution in [2.45, 2.75) is 22.4 Å². The molecule has 8 nitrogen and oxygen atoms in total. The van der Waals surface area contributed by atoms with Gasteiger partial charge in [-0.25, -0.2) is 26.1 Å². The maximum atomic E-state index is 13.0. The van der Waals surface area contributed by atoms with Gasteiger partial charge in [-0.15, -0.1) is 0 Å². The number of amides is 1. The van der Waals surface area contributed by atoms with Gasteiger partial charge in [-0.1, -0.05) is 30.0 Å². The first-order valence-electron chi connectivity index (χ1n) is 9.19. The van der Waals surface area contributed by atoms with Gasteiger partial charge in [-0.3, -0.25) is 4.79 Å². The van der Waals surface area contributed by atoms with Gasteiger partial charge in [-0.05, 0) is 30.7 Å². The summed E-state index contributed by atoms with van der Waals surface area (Å²) in [5.41, 5.74) is 0.658. The Morgan fingerprint density at radius 3 is 2.40 bits per heavy atom. The Balaban J connectivity index is 1.74. The molecule has 0 saturated carbocycles. The molecular weight excluding hydrogens is 446 g/mol. The molecule has 1 fully saturated rings. The molecule has 1 amide bonds. The molecule has 0 unspecified atom stereocenters. The van der Waals surface area contributed by atoms with Gasteiger partial charge in [0.05, 0.1) is 28.3 Å². The Morgan fingerprint density at radius 1 is 1.17 bits per heavy atom. The van der Waals surface area contributed by atoms with E-state index in [2.05, 4.69) is 4.98 Å². The number of carbonyl (C=O) groups excluding carboxylic acids is 1. The maximum absolute atomic E-state index is 13.0. The van der Waals surface area contributed by atoms with Gasteiger partial charge in [0.1, 0.15) is 4.90 Å². The molecule has 11 heteroatoms. The van der Waals surface area contributed by atoms with Crippen LogP contribution in [0.15, 0.2) is 58.6 Å². The van der Waals surface area contributed by atoms with E-state index in [4.69, 9.17) is 0 Å². The Bertz CT molecular complexity index is 1100. The van der Waals surface area contributed by atoms with Crippen LogP contribution in [0.1, 0.15) is 6.42 Å². The van der Waals surface area contributed by atoms with Gasteiger partial charge in [0.15, 0.2) is 9.84 Å². The molecule has 0 radical (unpaired) electrons. The average Bonchev–Trinajstić information content (AvgIpc) is 3.06. The molecule has 0 N–H and O–H groups in total. The van der Waals surface area contributed by atoms with Crippen molar-refractivity contribution < 1.29 is 21.6 Å². The number of benzene rings is 1. The van der Waals surface area contributed by atoms with Crippen LogP contribution >= 0.6 is 11.8 Å². The number of pyridine rings is 1. The zero-order chi connectivity index (χ0) is 21.9. The Kier molecular flexibility index (Phi) is 6.85. The number of nitrogens with zero attached hydrogens (tertiary/aromatic N) is 3. The van der Waals surface area contributed by atoms with Gasteiger partial charge in [0.25, 0.3) is 0 Å². The van der Waals surface area contributed by atoms with E-state index in [1.54, 1.807) is 35.2 Å². The molecule has 2 aromatic rings. The third-order valence-electron chi connectivity index (χ3n) is 4.71. The van der Waals surface area contributed by atoms with Gasteiger partial charge >= 0.3 is 0 Å². The van der Waals surface area contributed by atoms with Crippen molar-refractivity contribution in [3.63, 3.8) is 0 Å². The highest BCUT2D eigenvalue weighted by molar-refractivity contribution is 7.99. The second kappa shape index (κ2) is 9.04. The number of rotatable bonds is 7. The summed E-state index contributed by atoms with van der Waals surface area (Å²) in [4.78, 5) is 18.8. The zero-order valence-electron chi connectivity index (χ0n) is 16.6. The fourth-order valence-corrected chi connectivity index (χ4v) is 6.40. The monoisotopic (exact) mass is 469 g/mol. The predicted molar refractivity (Wildman–Crippen MR) is 117 cm³/mol. The number of aromatic nitrogens is 1. The Hall–Kier alpha value is -1.95. The summed E-state index contributed by atoms with van der Waals surface area (Å²) in [6, 6.07) is 11.6. The molecule has 1 aromatic carbocycles. The molecule has 1 aliphatic heterocycles. The summed E-state index contributed by atoms with van der Waals surface area (Å²) in [5, 5.41) is 0.508. The Morgan fingerprint density at radius 2 is 1.87 bits per heavy atom. The van der Waals surface area contributed by atoms with E-state index >= 15 is 0 Å². The van der Waals surface area contributed by atoms with E-state index in [-0.39, 0.29) is 28.1 Å². The SMILES string of the molecule is CN(C)S(=O)(=O)c1ccc(SCC(=O)N(c2ccccc2)[C@H]2CCS(=O)(=O)C2)nc1. The van der Waals surface area contributed by atoms with Crippen molar-refractivity contribution in [2.75, 3.05) is 36.3 Å². The molecule has 0 aliphatic carbocycles. The molecule has 1 atom stereocenters. The largest absolute Gasteiger partial charge is 0.308 e. The van der Waals surface area contributed by atoms with Crippen LogP contribution in [-0.2, 0) is 24.7 Å². The molecule has 0 spiro atoms. The first kappa shape index (κ1) is 22.7. The highest BCUT2D eigenvalue weighted by atomic mass is 32.2. The minimum atomic E-state index is -3.57. The third kappa shape index (κ3) is 5.20. The van der Waals surface area contributed by atoms with Crippen LogP contribution in [0.25, 0.3) is 0 Å². The van der Waals surface area contributed by atoms with Crippen molar-refractivity contribution >= 4 is 43.2 Å². The molecule has 2 heterocycles. The minimum Gasteiger partial charge on any atom is -0.308 e. The number of sulfonamides is 1. The van der Waals surface area contributed by atoms with Gasteiger partial charge in [0.2, 0.25) is 15.9 Å². The van der Waals surface area contributed by atoms with Gasteiger partial charge in [-0.2, -0.15) is 0 Å². The summed E-state index contributed by atoms with van der Waals surface area (Å²) in [6.45, 7) is 0. The summed E-state index contributed by atoms with van der Waals surface area (Å²) in [7, 11) is -3.83. The lowest BCUT2D eigenvalue weighted by atomic mass is 10.2. The molecular formula is C19H23N3O5S3. The maximum Gasteiger partial charge on any atom is 0.244 e. The lowest BCUT2D eigenvalue weighted by molar-refractivity contribution is -0.116. The number of anilines is 1. The lowest BCUT2D eigenvalue weighted by Gasteiger charge is -2.28. The van der Waals surface area contributed by atoms with Crippen molar-refractivity contribution in [1.82, 2.24) is 9.29 Å². The van der Waals surface area contributed by atoms with Gasteiger partial charge in [0, 0.05) is 26.0 Å². The minimum absolute atomic E-state index is 0.0480. The van der Waals surface area contributed by atoms with E-state index in [0.29, 0.717) is 17.1 Å². The van der Waals surface area contributed by atoms with Gasteiger partial charge < -0.3 is 4.90 Å². The van der Waals surface area contributed by atoms with Crippen LogP contribution < -0.4 is 4.90 Å². The fraction of sp³-hybridized carbons (Fsp3) is 0.368. The topological polar surface area (TPSA) is 105 Å². The molecule has 1 aliphatic rings. The predicted octanol–water partition coefficient (Wildman–Crippen LogP) is 1.64. The van der Waals surface area contributed by atoms with Crippen molar-refractivity contribution in [1.29, 1.82) is 0 Å². The van der Waals surface area contributed by atoms with E-state index in [1.807, 2.05) is 6.07 Å². The number of sulfone groups is 1. The van der Waals surface area contributed by atoms with E-state index < -0.39 is 25.9 Å². The number of hydrogen-bond acceptors (Lipinski definition) is 7. The molecule has 30 heavy (non-hydrogen) atoms. The van der Waals surface area contributed by atoms with E-state index in [0.717, 1.165) is 4.31 Å². The third-order valence-corrected chi connectivity index (χ3v) is 9.19. The van der Waals surface area contributed by atoms with Crippen LogP contribution in [0.2, 0.25) is 0 Å².